The maximum absolute atomic E-state index is 14.2. The van der Waals surface area contributed by atoms with Crippen LogP contribution in [0.4, 0.5) is 4.39 Å². The van der Waals surface area contributed by atoms with Crippen molar-refractivity contribution in [3.8, 4) is 0 Å². The summed E-state index contributed by atoms with van der Waals surface area (Å²) in [7, 11) is 0. The lowest BCUT2D eigenvalue weighted by molar-refractivity contribution is 0.344. The van der Waals surface area contributed by atoms with Crippen LogP contribution in [0.1, 0.15) is 21.2 Å². The fourth-order valence-electron chi connectivity index (χ4n) is 1.61. The quantitative estimate of drug-likeness (QED) is 0.557. The first kappa shape index (κ1) is 11.6. The molecule has 0 aliphatic heterocycles. The molecule has 0 aliphatic carbocycles. The summed E-state index contributed by atoms with van der Waals surface area (Å²) in [5.74, 6) is 0. The van der Waals surface area contributed by atoms with Crippen LogP contribution in [0.5, 0.6) is 0 Å². The SMILES string of the molecule is FC(c1ccccc1)C(I)c1ccccc1. The Labute approximate surface area is 109 Å². The van der Waals surface area contributed by atoms with Crippen LogP contribution in [0.3, 0.4) is 0 Å². The van der Waals surface area contributed by atoms with Crippen molar-refractivity contribution < 1.29 is 4.39 Å². The van der Waals surface area contributed by atoms with Gasteiger partial charge in [0.15, 0.2) is 0 Å². The maximum atomic E-state index is 14.2. The van der Waals surface area contributed by atoms with E-state index in [9.17, 15) is 4.39 Å². The minimum Gasteiger partial charge on any atom is -0.241 e. The van der Waals surface area contributed by atoms with Gasteiger partial charge in [-0.15, -0.1) is 0 Å². The van der Waals surface area contributed by atoms with Crippen LogP contribution in [-0.2, 0) is 0 Å². The van der Waals surface area contributed by atoms with Gasteiger partial charge in [0.1, 0.15) is 6.17 Å². The van der Waals surface area contributed by atoms with E-state index < -0.39 is 6.17 Å². The van der Waals surface area contributed by atoms with Crippen LogP contribution in [0.25, 0.3) is 0 Å². The summed E-state index contributed by atoms with van der Waals surface area (Å²) in [6.07, 6.45) is -0.954. The standard InChI is InChI=1S/C14H12FI/c15-13(11-7-3-1-4-8-11)14(16)12-9-5-2-6-10-12/h1-10,13-14H. The van der Waals surface area contributed by atoms with Gasteiger partial charge in [0, 0.05) is 0 Å². The molecule has 2 unspecified atom stereocenters. The van der Waals surface area contributed by atoms with Crippen molar-refractivity contribution in [2.45, 2.75) is 10.1 Å². The number of alkyl halides is 2. The van der Waals surface area contributed by atoms with Crippen molar-refractivity contribution in [2.75, 3.05) is 0 Å². The highest BCUT2D eigenvalue weighted by Gasteiger charge is 2.20. The molecule has 2 heteroatoms. The second-order valence-electron chi connectivity index (χ2n) is 3.62. The summed E-state index contributed by atoms with van der Waals surface area (Å²) in [5.41, 5.74) is 1.77. The van der Waals surface area contributed by atoms with Gasteiger partial charge in [-0.1, -0.05) is 83.3 Å². The second-order valence-corrected chi connectivity index (χ2v) is 4.97. The molecule has 0 aromatic heterocycles. The average molecular weight is 326 g/mol. The Bertz CT molecular complexity index is 384. The van der Waals surface area contributed by atoms with E-state index in [1.807, 2.05) is 60.7 Å². The van der Waals surface area contributed by atoms with E-state index in [1.165, 1.54) is 0 Å². The Morgan fingerprint density at radius 1 is 0.750 bits per heavy atom. The van der Waals surface area contributed by atoms with E-state index in [2.05, 4.69) is 22.6 Å². The lowest BCUT2D eigenvalue weighted by Crippen LogP contribution is -2.00. The third-order valence-electron chi connectivity index (χ3n) is 2.49. The van der Waals surface area contributed by atoms with Crippen LogP contribution in [0, 0.1) is 0 Å². The van der Waals surface area contributed by atoms with Crippen molar-refractivity contribution in [1.82, 2.24) is 0 Å². The summed E-state index contributed by atoms with van der Waals surface area (Å²) in [6, 6.07) is 19.1. The Kier molecular flexibility index (Phi) is 3.93. The molecule has 0 N–H and O–H groups in total. The molecule has 16 heavy (non-hydrogen) atoms. The molecule has 0 spiro atoms. The van der Waals surface area contributed by atoms with Crippen LogP contribution in [0.15, 0.2) is 60.7 Å². The van der Waals surface area contributed by atoms with Crippen LogP contribution >= 0.6 is 22.6 Å². The van der Waals surface area contributed by atoms with Crippen molar-refractivity contribution >= 4 is 22.6 Å². The zero-order valence-corrected chi connectivity index (χ0v) is 10.8. The molecule has 0 saturated heterocycles. The minimum atomic E-state index is -0.954. The summed E-state index contributed by atoms with van der Waals surface area (Å²) in [4.78, 5) is 0. The summed E-state index contributed by atoms with van der Waals surface area (Å²) in [6.45, 7) is 0. The molecule has 0 fully saturated rings. The Morgan fingerprint density at radius 2 is 1.19 bits per heavy atom. The maximum Gasteiger partial charge on any atom is 0.141 e. The molecular weight excluding hydrogens is 314 g/mol. The number of hydrogen-bond donors (Lipinski definition) is 0. The van der Waals surface area contributed by atoms with E-state index >= 15 is 0 Å². The Balaban J connectivity index is 2.20. The lowest BCUT2D eigenvalue weighted by Gasteiger charge is -2.15. The molecule has 0 heterocycles. The monoisotopic (exact) mass is 326 g/mol. The van der Waals surface area contributed by atoms with Crippen molar-refractivity contribution in [3.63, 3.8) is 0 Å². The van der Waals surface area contributed by atoms with Crippen LogP contribution < -0.4 is 0 Å². The van der Waals surface area contributed by atoms with Gasteiger partial charge in [-0.05, 0) is 11.1 Å². The summed E-state index contributed by atoms with van der Waals surface area (Å²) >= 11 is 2.16. The summed E-state index contributed by atoms with van der Waals surface area (Å²) < 4.78 is 14.1. The number of rotatable bonds is 3. The third-order valence-corrected chi connectivity index (χ3v) is 3.84. The average Bonchev–Trinajstić information content (AvgIpc) is 2.39. The van der Waals surface area contributed by atoms with Crippen molar-refractivity contribution in [3.05, 3.63) is 71.8 Å². The van der Waals surface area contributed by atoms with Gasteiger partial charge in [0.2, 0.25) is 0 Å². The second kappa shape index (κ2) is 5.43. The fourth-order valence-corrected chi connectivity index (χ4v) is 2.44. The predicted molar refractivity (Wildman–Crippen MR) is 73.5 cm³/mol. The predicted octanol–water partition coefficient (Wildman–Crippen LogP) is 4.87. The van der Waals surface area contributed by atoms with Crippen LogP contribution in [0.2, 0.25) is 0 Å². The third kappa shape index (κ3) is 2.61. The highest BCUT2D eigenvalue weighted by Crippen LogP contribution is 2.39. The molecule has 2 atom stereocenters. The van der Waals surface area contributed by atoms with E-state index in [4.69, 9.17) is 0 Å². The smallest absolute Gasteiger partial charge is 0.141 e. The van der Waals surface area contributed by atoms with Gasteiger partial charge in [-0.25, -0.2) is 4.39 Å². The van der Waals surface area contributed by atoms with E-state index in [0.717, 1.165) is 11.1 Å². The van der Waals surface area contributed by atoms with Gasteiger partial charge in [-0.2, -0.15) is 0 Å². The number of halogens is 2. The Morgan fingerprint density at radius 3 is 1.69 bits per heavy atom. The fraction of sp³-hybridized carbons (Fsp3) is 0.143. The highest BCUT2D eigenvalue weighted by molar-refractivity contribution is 14.1. The van der Waals surface area contributed by atoms with Gasteiger partial charge in [0.05, 0.1) is 3.92 Å². The number of benzene rings is 2. The first-order valence-corrected chi connectivity index (χ1v) is 6.41. The van der Waals surface area contributed by atoms with Crippen LogP contribution in [-0.4, -0.2) is 0 Å². The zero-order valence-electron chi connectivity index (χ0n) is 8.68. The van der Waals surface area contributed by atoms with E-state index in [-0.39, 0.29) is 3.92 Å². The van der Waals surface area contributed by atoms with E-state index in [0.29, 0.717) is 0 Å². The molecular formula is C14H12FI. The molecule has 2 aromatic carbocycles. The summed E-state index contributed by atoms with van der Waals surface area (Å²) in [5, 5.41) is 0. The lowest BCUT2D eigenvalue weighted by atomic mass is 10.0. The number of hydrogen-bond acceptors (Lipinski definition) is 0. The molecule has 0 radical (unpaired) electrons. The first-order valence-electron chi connectivity index (χ1n) is 5.17. The molecule has 0 saturated carbocycles. The minimum absolute atomic E-state index is 0.138. The molecule has 82 valence electrons. The van der Waals surface area contributed by atoms with Gasteiger partial charge in [0.25, 0.3) is 0 Å². The zero-order chi connectivity index (χ0) is 11.4. The highest BCUT2D eigenvalue weighted by atomic mass is 127. The molecule has 0 bridgehead atoms. The van der Waals surface area contributed by atoms with Crippen molar-refractivity contribution in [1.29, 1.82) is 0 Å². The normalized spacial score (nSPS) is 14.4. The van der Waals surface area contributed by atoms with Gasteiger partial charge >= 0.3 is 0 Å². The van der Waals surface area contributed by atoms with E-state index in [1.54, 1.807) is 0 Å². The first-order chi connectivity index (χ1) is 7.79. The molecule has 0 amide bonds. The van der Waals surface area contributed by atoms with Gasteiger partial charge in [-0.3, -0.25) is 0 Å². The topological polar surface area (TPSA) is 0 Å². The van der Waals surface area contributed by atoms with Crippen molar-refractivity contribution in [2.24, 2.45) is 0 Å². The molecule has 2 aromatic rings. The Hall–Kier alpha value is -0.900. The molecule has 2 rings (SSSR count). The van der Waals surface area contributed by atoms with Gasteiger partial charge < -0.3 is 0 Å². The molecule has 0 aliphatic rings. The molecule has 0 nitrogen and oxygen atoms in total. The largest absolute Gasteiger partial charge is 0.241 e.